The van der Waals surface area contributed by atoms with E-state index in [1.54, 1.807) is 12.1 Å². The Morgan fingerprint density at radius 1 is 1.11 bits per heavy atom. The van der Waals surface area contributed by atoms with Crippen LogP contribution in [0.1, 0.15) is 27.3 Å². The zero-order chi connectivity index (χ0) is 19.6. The first-order valence-corrected chi connectivity index (χ1v) is 9.65. The van der Waals surface area contributed by atoms with Crippen LogP contribution in [0.2, 0.25) is 0 Å². The fourth-order valence-corrected chi connectivity index (χ4v) is 3.65. The summed E-state index contributed by atoms with van der Waals surface area (Å²) in [6.07, 6.45) is 0. The molecule has 0 fully saturated rings. The highest BCUT2D eigenvalue weighted by Crippen LogP contribution is 2.13. The Morgan fingerprint density at radius 2 is 1.81 bits per heavy atom. The van der Waals surface area contributed by atoms with Crippen LogP contribution in [-0.2, 0) is 16.6 Å². The third kappa shape index (κ3) is 4.40. The molecule has 0 bridgehead atoms. The minimum atomic E-state index is -4.08. The molecule has 0 radical (unpaired) electrons. The van der Waals surface area contributed by atoms with Crippen molar-refractivity contribution in [2.75, 3.05) is 0 Å². The van der Waals surface area contributed by atoms with Gasteiger partial charge in [-0.25, -0.2) is 17.5 Å². The van der Waals surface area contributed by atoms with E-state index in [4.69, 9.17) is 0 Å². The topological polar surface area (TPSA) is 81.1 Å². The van der Waals surface area contributed by atoms with Crippen molar-refractivity contribution in [2.45, 2.75) is 25.3 Å². The lowest BCUT2D eigenvalue weighted by Crippen LogP contribution is -2.30. The molecule has 1 N–H and O–H groups in total. The van der Waals surface area contributed by atoms with Gasteiger partial charge in [0.05, 0.1) is 17.1 Å². The number of amides is 1. The summed E-state index contributed by atoms with van der Waals surface area (Å²) in [5.41, 5.74) is 2.90. The summed E-state index contributed by atoms with van der Waals surface area (Å²) in [6.45, 7) is 4.30. The molecule has 1 aromatic heterocycles. The molecule has 0 aliphatic carbocycles. The fraction of sp³-hybridized carbons (Fsp3) is 0.158. The van der Waals surface area contributed by atoms with Gasteiger partial charge < -0.3 is 0 Å². The Bertz CT molecular complexity index is 1090. The quantitative estimate of drug-likeness (QED) is 0.730. The maximum Gasteiger partial charge on any atom is 0.265 e. The predicted octanol–water partition coefficient (Wildman–Crippen LogP) is 2.81. The van der Waals surface area contributed by atoms with E-state index in [2.05, 4.69) is 5.10 Å². The third-order valence-electron chi connectivity index (χ3n) is 3.98. The van der Waals surface area contributed by atoms with Gasteiger partial charge in [0.1, 0.15) is 5.82 Å². The summed E-state index contributed by atoms with van der Waals surface area (Å²) >= 11 is 0. The Hall–Kier alpha value is -3.00. The molecular formula is C19H18FN3O3S. The van der Waals surface area contributed by atoms with Gasteiger partial charge in [0, 0.05) is 11.3 Å². The van der Waals surface area contributed by atoms with Crippen LogP contribution in [0.15, 0.2) is 59.5 Å². The van der Waals surface area contributed by atoms with Crippen molar-refractivity contribution in [1.29, 1.82) is 0 Å². The molecule has 0 saturated heterocycles. The first kappa shape index (κ1) is 18.8. The van der Waals surface area contributed by atoms with Crippen molar-refractivity contribution in [1.82, 2.24) is 14.5 Å². The normalized spacial score (nSPS) is 11.4. The molecule has 2 aromatic carbocycles. The van der Waals surface area contributed by atoms with Gasteiger partial charge in [0.15, 0.2) is 0 Å². The second-order valence-corrected chi connectivity index (χ2v) is 7.86. The number of nitrogens with one attached hydrogen (secondary N) is 1. The van der Waals surface area contributed by atoms with Crippen molar-refractivity contribution in [3.8, 4) is 0 Å². The summed E-state index contributed by atoms with van der Waals surface area (Å²) in [6, 6.07) is 12.9. The van der Waals surface area contributed by atoms with E-state index >= 15 is 0 Å². The van der Waals surface area contributed by atoms with Crippen LogP contribution < -0.4 is 4.72 Å². The molecule has 8 heteroatoms. The maximum absolute atomic E-state index is 13.0. The summed E-state index contributed by atoms with van der Waals surface area (Å²) in [5, 5.41) is 4.38. The average molecular weight is 387 g/mol. The molecule has 0 atom stereocenters. The zero-order valence-corrected chi connectivity index (χ0v) is 15.6. The fourth-order valence-electron chi connectivity index (χ4n) is 2.67. The van der Waals surface area contributed by atoms with Crippen molar-refractivity contribution in [2.24, 2.45) is 0 Å². The molecule has 0 aliphatic rings. The number of hydrogen-bond donors (Lipinski definition) is 1. The van der Waals surface area contributed by atoms with Gasteiger partial charge in [-0.3, -0.25) is 9.48 Å². The van der Waals surface area contributed by atoms with Crippen molar-refractivity contribution >= 4 is 15.9 Å². The number of nitrogens with zero attached hydrogens (tertiary/aromatic N) is 2. The number of rotatable bonds is 5. The highest BCUT2D eigenvalue weighted by molar-refractivity contribution is 7.90. The van der Waals surface area contributed by atoms with Crippen molar-refractivity contribution in [3.05, 3.63) is 82.9 Å². The van der Waals surface area contributed by atoms with Crippen LogP contribution in [0.3, 0.4) is 0 Å². The van der Waals surface area contributed by atoms with E-state index in [-0.39, 0.29) is 10.5 Å². The molecule has 0 unspecified atom stereocenters. The molecule has 27 heavy (non-hydrogen) atoms. The van der Waals surface area contributed by atoms with E-state index in [0.29, 0.717) is 6.54 Å². The van der Waals surface area contributed by atoms with Gasteiger partial charge in [0.2, 0.25) is 0 Å². The Labute approximate surface area is 156 Å². The number of hydrogen-bond acceptors (Lipinski definition) is 4. The lowest BCUT2D eigenvalue weighted by atomic mass is 10.1. The summed E-state index contributed by atoms with van der Waals surface area (Å²) in [4.78, 5) is 12.2. The minimum Gasteiger partial charge on any atom is -0.268 e. The first-order valence-electron chi connectivity index (χ1n) is 8.17. The van der Waals surface area contributed by atoms with E-state index in [1.807, 2.05) is 35.4 Å². The first-order chi connectivity index (χ1) is 12.7. The van der Waals surface area contributed by atoms with Gasteiger partial charge in [0.25, 0.3) is 15.9 Å². The number of benzene rings is 2. The van der Waals surface area contributed by atoms with Crippen LogP contribution in [0, 0.1) is 19.7 Å². The largest absolute Gasteiger partial charge is 0.268 e. The molecule has 0 saturated carbocycles. The maximum atomic E-state index is 13.0. The Balaban J connectivity index is 1.79. The molecular weight excluding hydrogens is 369 g/mol. The van der Waals surface area contributed by atoms with Crippen LogP contribution in [0.5, 0.6) is 0 Å². The van der Waals surface area contributed by atoms with Gasteiger partial charge >= 0.3 is 0 Å². The van der Waals surface area contributed by atoms with Gasteiger partial charge in [-0.15, -0.1) is 0 Å². The lowest BCUT2D eigenvalue weighted by Gasteiger charge is -2.09. The van der Waals surface area contributed by atoms with Crippen molar-refractivity contribution in [3.63, 3.8) is 0 Å². The highest BCUT2D eigenvalue weighted by Gasteiger charge is 2.19. The third-order valence-corrected chi connectivity index (χ3v) is 5.32. The number of aromatic nitrogens is 2. The molecule has 0 aliphatic heterocycles. The number of aryl methyl sites for hydroxylation is 2. The Morgan fingerprint density at radius 3 is 2.44 bits per heavy atom. The van der Waals surface area contributed by atoms with Crippen LogP contribution in [0.25, 0.3) is 0 Å². The Kier molecular flexibility index (Phi) is 5.09. The molecule has 1 amide bonds. The number of sulfonamides is 1. The molecule has 140 valence electrons. The minimum absolute atomic E-state index is 0.184. The molecule has 1 heterocycles. The summed E-state index contributed by atoms with van der Waals surface area (Å²) in [5.74, 6) is -1.31. The molecule has 3 aromatic rings. The molecule has 6 nitrogen and oxygen atoms in total. The van der Waals surface area contributed by atoms with E-state index in [9.17, 15) is 17.6 Å². The second-order valence-electron chi connectivity index (χ2n) is 6.17. The highest BCUT2D eigenvalue weighted by atomic mass is 32.2. The average Bonchev–Trinajstić information content (AvgIpc) is 2.92. The molecule has 3 rings (SSSR count). The number of carbonyl (C=O) groups is 1. The standard InChI is InChI=1S/C19H18FN3O3S/c1-13-10-14(2)23(21-13)12-15-4-3-5-16(11-15)19(24)22-27(25,26)18-8-6-17(20)7-9-18/h3-11H,12H2,1-2H3,(H,22,24). The van der Waals surface area contributed by atoms with Gasteiger partial charge in [-0.05, 0) is 61.9 Å². The second kappa shape index (κ2) is 7.32. The van der Waals surface area contributed by atoms with Crippen molar-refractivity contribution < 1.29 is 17.6 Å². The zero-order valence-electron chi connectivity index (χ0n) is 14.8. The van der Waals surface area contributed by atoms with Gasteiger partial charge in [-0.1, -0.05) is 12.1 Å². The number of carbonyl (C=O) groups excluding carboxylic acids is 1. The predicted molar refractivity (Wildman–Crippen MR) is 98.3 cm³/mol. The number of halogens is 1. The summed E-state index contributed by atoms with van der Waals surface area (Å²) < 4.78 is 41.3. The van der Waals surface area contributed by atoms with E-state index in [1.165, 1.54) is 6.07 Å². The smallest absolute Gasteiger partial charge is 0.265 e. The SMILES string of the molecule is Cc1cc(C)n(Cc2cccc(C(=O)NS(=O)(=O)c3ccc(F)cc3)c2)n1. The van der Waals surface area contributed by atoms with Crippen LogP contribution >= 0.6 is 0 Å². The van der Waals surface area contributed by atoms with E-state index < -0.39 is 21.7 Å². The summed E-state index contributed by atoms with van der Waals surface area (Å²) in [7, 11) is -4.08. The lowest BCUT2D eigenvalue weighted by molar-refractivity contribution is 0.0981. The van der Waals surface area contributed by atoms with Gasteiger partial charge in [-0.2, -0.15) is 5.10 Å². The van der Waals surface area contributed by atoms with E-state index in [0.717, 1.165) is 41.2 Å². The van der Waals surface area contributed by atoms with Crippen LogP contribution in [-0.4, -0.2) is 24.1 Å². The molecule has 0 spiro atoms. The monoisotopic (exact) mass is 387 g/mol. The van der Waals surface area contributed by atoms with Crippen LogP contribution in [0.4, 0.5) is 4.39 Å².